The average Bonchev–Trinajstić information content (AvgIpc) is 3.12. The number of nitrogens with zero attached hydrogens (tertiary/aromatic N) is 3. The molecule has 1 aromatic carbocycles. The Bertz CT molecular complexity index is 617. The summed E-state index contributed by atoms with van der Waals surface area (Å²) in [6.45, 7) is 7.04. The first-order valence-corrected chi connectivity index (χ1v) is 10.5. The molecule has 0 aromatic heterocycles. The van der Waals surface area contributed by atoms with Crippen molar-refractivity contribution in [2.24, 2.45) is 4.99 Å². The lowest BCUT2D eigenvalue weighted by Crippen LogP contribution is -2.53. The predicted molar refractivity (Wildman–Crippen MR) is 125 cm³/mol. The fourth-order valence-electron chi connectivity index (χ4n) is 3.42. The van der Waals surface area contributed by atoms with Crippen molar-refractivity contribution in [2.45, 2.75) is 18.9 Å². The van der Waals surface area contributed by atoms with E-state index in [1.165, 1.54) is 0 Å². The fourth-order valence-corrected chi connectivity index (χ4v) is 4.70. The molecular weight excluding hydrogens is 475 g/mol. The molecular formula is C19H31IN4O2S. The van der Waals surface area contributed by atoms with Crippen molar-refractivity contribution in [1.29, 1.82) is 0 Å². The van der Waals surface area contributed by atoms with Crippen LogP contribution in [-0.4, -0.2) is 79.5 Å². The summed E-state index contributed by atoms with van der Waals surface area (Å²) in [5, 5.41) is 13.9. The van der Waals surface area contributed by atoms with Crippen LogP contribution in [0.1, 0.15) is 13.3 Å². The Balaban J connectivity index is 0.00000261. The number of para-hydroxylation sites is 2. The summed E-state index contributed by atoms with van der Waals surface area (Å²) in [6.07, 6.45) is 0.835. The third kappa shape index (κ3) is 5.80. The first-order valence-electron chi connectivity index (χ1n) is 9.36. The first kappa shape index (κ1) is 22.4. The number of aliphatic imine (C=N–C) groups is 1. The molecule has 6 nitrogen and oxygen atoms in total. The van der Waals surface area contributed by atoms with E-state index in [2.05, 4.69) is 34.2 Å². The van der Waals surface area contributed by atoms with E-state index < -0.39 is 5.60 Å². The minimum atomic E-state index is -0.634. The van der Waals surface area contributed by atoms with Crippen LogP contribution in [0.25, 0.3) is 0 Å². The van der Waals surface area contributed by atoms with Crippen LogP contribution in [0.2, 0.25) is 0 Å². The largest absolute Gasteiger partial charge is 0.495 e. The highest BCUT2D eigenvalue weighted by atomic mass is 127. The van der Waals surface area contributed by atoms with Crippen molar-refractivity contribution in [2.75, 3.05) is 62.8 Å². The molecule has 3 rings (SSSR count). The number of halogens is 1. The Morgan fingerprint density at radius 3 is 2.67 bits per heavy atom. The standard InChI is InChI=1S/C19H30N4O2S.HI/c1-3-20-18(21-14-19(24)8-13-26-15-19)23-11-9-22(10-12-23)16-6-4-5-7-17(16)25-2;/h4-7,24H,3,8-15H2,1-2H3,(H,20,21);1H. The van der Waals surface area contributed by atoms with Crippen molar-refractivity contribution in [3.63, 3.8) is 0 Å². The number of ether oxygens (including phenoxy) is 1. The van der Waals surface area contributed by atoms with E-state index in [0.29, 0.717) is 6.54 Å². The third-order valence-electron chi connectivity index (χ3n) is 4.95. The molecule has 2 aliphatic heterocycles. The molecule has 0 amide bonds. The van der Waals surface area contributed by atoms with Gasteiger partial charge in [0.05, 0.1) is 24.9 Å². The van der Waals surface area contributed by atoms with Gasteiger partial charge in [-0.3, -0.25) is 4.99 Å². The van der Waals surface area contributed by atoms with Gasteiger partial charge in [-0.2, -0.15) is 11.8 Å². The maximum atomic E-state index is 10.6. The van der Waals surface area contributed by atoms with Crippen LogP contribution in [0.5, 0.6) is 5.75 Å². The zero-order valence-corrected chi connectivity index (χ0v) is 19.3. The molecule has 1 unspecified atom stereocenters. The molecule has 2 N–H and O–H groups in total. The van der Waals surface area contributed by atoms with Crippen molar-refractivity contribution >= 4 is 47.4 Å². The Morgan fingerprint density at radius 2 is 2.04 bits per heavy atom. The maximum absolute atomic E-state index is 10.6. The monoisotopic (exact) mass is 506 g/mol. The van der Waals surface area contributed by atoms with Gasteiger partial charge in [-0.05, 0) is 31.2 Å². The highest BCUT2D eigenvalue weighted by Gasteiger charge is 2.32. The van der Waals surface area contributed by atoms with Crippen LogP contribution in [-0.2, 0) is 0 Å². The Morgan fingerprint density at radius 1 is 1.30 bits per heavy atom. The molecule has 2 heterocycles. The van der Waals surface area contributed by atoms with E-state index in [1.54, 1.807) is 7.11 Å². The summed E-state index contributed by atoms with van der Waals surface area (Å²) in [5.41, 5.74) is 0.513. The van der Waals surface area contributed by atoms with E-state index in [-0.39, 0.29) is 24.0 Å². The van der Waals surface area contributed by atoms with Gasteiger partial charge in [0.1, 0.15) is 5.75 Å². The number of guanidine groups is 1. The molecule has 0 aliphatic carbocycles. The summed E-state index contributed by atoms with van der Waals surface area (Å²) >= 11 is 1.81. The third-order valence-corrected chi connectivity index (χ3v) is 6.18. The van der Waals surface area contributed by atoms with Crippen LogP contribution in [0.4, 0.5) is 5.69 Å². The van der Waals surface area contributed by atoms with E-state index in [1.807, 2.05) is 23.9 Å². The Kier molecular flexibility index (Phi) is 8.81. The molecule has 1 atom stereocenters. The summed E-state index contributed by atoms with van der Waals surface area (Å²) < 4.78 is 5.50. The summed E-state index contributed by atoms with van der Waals surface area (Å²) in [5.74, 6) is 3.65. The van der Waals surface area contributed by atoms with Gasteiger partial charge >= 0.3 is 0 Å². The first-order chi connectivity index (χ1) is 12.6. The minimum Gasteiger partial charge on any atom is -0.495 e. The molecule has 27 heavy (non-hydrogen) atoms. The SMILES string of the molecule is CCNC(=NCC1(O)CCSC1)N1CCN(c2ccccc2OC)CC1.I. The lowest BCUT2D eigenvalue weighted by atomic mass is 10.0. The van der Waals surface area contributed by atoms with Gasteiger partial charge < -0.3 is 25.0 Å². The molecule has 0 radical (unpaired) electrons. The number of methoxy groups -OCH3 is 1. The number of hydrogen-bond acceptors (Lipinski definition) is 5. The van der Waals surface area contributed by atoms with Gasteiger partial charge in [-0.25, -0.2) is 0 Å². The lowest BCUT2D eigenvalue weighted by molar-refractivity contribution is 0.0775. The molecule has 1 aromatic rings. The second kappa shape index (κ2) is 10.6. The van der Waals surface area contributed by atoms with Crippen molar-refractivity contribution < 1.29 is 9.84 Å². The number of hydrogen-bond donors (Lipinski definition) is 2. The van der Waals surface area contributed by atoms with Crippen LogP contribution < -0.4 is 15.0 Å². The zero-order chi connectivity index (χ0) is 18.4. The normalized spacial score (nSPS) is 23.1. The number of anilines is 1. The molecule has 0 saturated carbocycles. The molecule has 2 fully saturated rings. The Labute approximate surface area is 183 Å². The predicted octanol–water partition coefficient (Wildman–Crippen LogP) is 2.27. The van der Waals surface area contributed by atoms with E-state index in [9.17, 15) is 5.11 Å². The maximum Gasteiger partial charge on any atom is 0.194 e. The zero-order valence-electron chi connectivity index (χ0n) is 16.2. The summed E-state index contributed by atoms with van der Waals surface area (Å²) in [7, 11) is 1.72. The van der Waals surface area contributed by atoms with Crippen LogP contribution in [0, 0.1) is 0 Å². The Hall–Kier alpha value is -0.870. The number of benzene rings is 1. The fraction of sp³-hybridized carbons (Fsp3) is 0.632. The van der Waals surface area contributed by atoms with E-state index in [4.69, 9.17) is 9.73 Å². The summed E-state index contributed by atoms with van der Waals surface area (Å²) in [6, 6.07) is 8.17. The second-order valence-electron chi connectivity index (χ2n) is 6.84. The smallest absolute Gasteiger partial charge is 0.194 e. The molecule has 0 bridgehead atoms. The van der Waals surface area contributed by atoms with Gasteiger partial charge in [0, 0.05) is 38.5 Å². The van der Waals surface area contributed by atoms with Crippen molar-refractivity contribution in [3.8, 4) is 5.75 Å². The van der Waals surface area contributed by atoms with Crippen LogP contribution in [0.3, 0.4) is 0 Å². The summed E-state index contributed by atoms with van der Waals surface area (Å²) in [4.78, 5) is 9.40. The molecule has 152 valence electrons. The number of aliphatic hydroxyl groups is 1. The van der Waals surface area contributed by atoms with Gasteiger partial charge in [0.2, 0.25) is 0 Å². The highest BCUT2D eigenvalue weighted by molar-refractivity contribution is 14.0. The number of rotatable bonds is 5. The van der Waals surface area contributed by atoms with E-state index in [0.717, 1.165) is 68.0 Å². The van der Waals surface area contributed by atoms with Crippen LogP contribution >= 0.6 is 35.7 Å². The van der Waals surface area contributed by atoms with Gasteiger partial charge in [0.25, 0.3) is 0 Å². The molecule has 2 aliphatic rings. The number of thioether (sulfide) groups is 1. The second-order valence-corrected chi connectivity index (χ2v) is 7.95. The minimum absolute atomic E-state index is 0. The van der Waals surface area contributed by atoms with Crippen LogP contribution in [0.15, 0.2) is 29.3 Å². The number of nitrogens with one attached hydrogen (secondary N) is 1. The van der Waals surface area contributed by atoms with E-state index >= 15 is 0 Å². The van der Waals surface area contributed by atoms with Crippen molar-refractivity contribution in [1.82, 2.24) is 10.2 Å². The topological polar surface area (TPSA) is 60.3 Å². The number of piperazine rings is 1. The van der Waals surface area contributed by atoms with Crippen molar-refractivity contribution in [3.05, 3.63) is 24.3 Å². The molecule has 8 heteroatoms. The molecule has 0 spiro atoms. The van der Waals surface area contributed by atoms with Gasteiger partial charge in [-0.15, -0.1) is 24.0 Å². The lowest BCUT2D eigenvalue weighted by Gasteiger charge is -2.38. The quantitative estimate of drug-likeness (QED) is 0.363. The average molecular weight is 506 g/mol. The molecule has 2 saturated heterocycles. The highest BCUT2D eigenvalue weighted by Crippen LogP contribution is 2.29. The van der Waals surface area contributed by atoms with Gasteiger partial charge in [-0.1, -0.05) is 12.1 Å². The van der Waals surface area contributed by atoms with Gasteiger partial charge in [0.15, 0.2) is 5.96 Å².